The molecule has 120 valence electrons. The van der Waals surface area contributed by atoms with Crippen molar-refractivity contribution in [3.63, 3.8) is 0 Å². The average Bonchev–Trinajstić information content (AvgIpc) is 2.57. The zero-order valence-corrected chi connectivity index (χ0v) is 13.0. The van der Waals surface area contributed by atoms with E-state index >= 15 is 0 Å². The maximum absolute atomic E-state index is 13.4. The van der Waals surface area contributed by atoms with E-state index in [2.05, 4.69) is 6.58 Å². The van der Waals surface area contributed by atoms with Crippen molar-refractivity contribution in [1.29, 1.82) is 0 Å². The van der Waals surface area contributed by atoms with Crippen molar-refractivity contribution in [1.82, 2.24) is 4.90 Å². The molecule has 0 radical (unpaired) electrons. The summed E-state index contributed by atoms with van der Waals surface area (Å²) in [7, 11) is 0. The summed E-state index contributed by atoms with van der Waals surface area (Å²) in [6, 6.07) is 15.9. The third-order valence-corrected chi connectivity index (χ3v) is 3.33. The van der Waals surface area contributed by atoms with Crippen LogP contribution in [0.25, 0.3) is 0 Å². The maximum Gasteiger partial charge on any atom is 0.226 e. The lowest BCUT2D eigenvalue weighted by molar-refractivity contribution is -0.131. The average molecular weight is 313 g/mol. The topological polar surface area (TPSA) is 29.5 Å². The lowest BCUT2D eigenvalue weighted by Gasteiger charge is -2.21. The zero-order chi connectivity index (χ0) is 16.5. The normalized spacial score (nSPS) is 10.1. The molecule has 0 fully saturated rings. The second kappa shape index (κ2) is 8.73. The predicted octanol–water partition coefficient (Wildman–Crippen LogP) is 3.81. The minimum Gasteiger partial charge on any atom is -0.490 e. The fraction of sp³-hybridized carbons (Fsp3) is 0.211. The van der Waals surface area contributed by atoms with Gasteiger partial charge in [0.05, 0.1) is 13.0 Å². The summed E-state index contributed by atoms with van der Waals surface area (Å²) < 4.78 is 18.8. The second-order valence-corrected chi connectivity index (χ2v) is 5.08. The number of hydrogen-bond donors (Lipinski definition) is 0. The number of para-hydroxylation sites is 1. The van der Waals surface area contributed by atoms with E-state index in [4.69, 9.17) is 4.74 Å². The van der Waals surface area contributed by atoms with Gasteiger partial charge in [-0.15, -0.1) is 6.58 Å². The standard InChI is InChI=1S/C19H20FNO2/c1-2-13-21(15-16-8-4-3-5-9-16)19(22)12-14-23-18-11-7-6-10-17(18)20/h2-11H,1,12-15H2. The molecular weight excluding hydrogens is 293 g/mol. The molecule has 2 rings (SSSR count). The highest BCUT2D eigenvalue weighted by Gasteiger charge is 2.13. The summed E-state index contributed by atoms with van der Waals surface area (Å²) in [5.74, 6) is -0.309. The summed E-state index contributed by atoms with van der Waals surface area (Å²) in [5.41, 5.74) is 1.05. The Morgan fingerprint density at radius 1 is 1.13 bits per heavy atom. The van der Waals surface area contributed by atoms with Gasteiger partial charge in [0.1, 0.15) is 0 Å². The molecule has 0 N–H and O–H groups in total. The number of amides is 1. The van der Waals surface area contributed by atoms with E-state index in [1.165, 1.54) is 6.07 Å². The fourth-order valence-electron chi connectivity index (χ4n) is 2.18. The van der Waals surface area contributed by atoms with E-state index < -0.39 is 5.82 Å². The van der Waals surface area contributed by atoms with Gasteiger partial charge in [-0.3, -0.25) is 4.79 Å². The van der Waals surface area contributed by atoms with Crippen LogP contribution < -0.4 is 4.74 Å². The molecular formula is C19H20FNO2. The van der Waals surface area contributed by atoms with Gasteiger partial charge >= 0.3 is 0 Å². The molecule has 0 unspecified atom stereocenters. The fourth-order valence-corrected chi connectivity index (χ4v) is 2.18. The first-order valence-electron chi connectivity index (χ1n) is 7.50. The van der Waals surface area contributed by atoms with Crippen molar-refractivity contribution in [3.05, 3.63) is 78.6 Å². The van der Waals surface area contributed by atoms with Crippen molar-refractivity contribution < 1.29 is 13.9 Å². The van der Waals surface area contributed by atoms with Crippen LogP contribution in [0.5, 0.6) is 5.75 Å². The van der Waals surface area contributed by atoms with Gasteiger partial charge in [-0.2, -0.15) is 0 Å². The molecule has 3 nitrogen and oxygen atoms in total. The summed E-state index contributed by atoms with van der Waals surface area (Å²) >= 11 is 0. The molecule has 0 aliphatic rings. The number of benzene rings is 2. The summed E-state index contributed by atoms with van der Waals surface area (Å²) in [6.07, 6.45) is 1.88. The zero-order valence-electron chi connectivity index (χ0n) is 13.0. The highest BCUT2D eigenvalue weighted by Crippen LogP contribution is 2.15. The van der Waals surface area contributed by atoms with Gasteiger partial charge in [0.25, 0.3) is 0 Å². The Balaban J connectivity index is 1.88. The molecule has 0 spiro atoms. The van der Waals surface area contributed by atoms with Crippen LogP contribution >= 0.6 is 0 Å². The molecule has 0 atom stereocenters. The third-order valence-electron chi connectivity index (χ3n) is 3.33. The predicted molar refractivity (Wildman–Crippen MR) is 88.6 cm³/mol. The Bertz CT molecular complexity index is 643. The van der Waals surface area contributed by atoms with Gasteiger partial charge in [0.15, 0.2) is 11.6 Å². The van der Waals surface area contributed by atoms with Gasteiger partial charge in [-0.25, -0.2) is 4.39 Å². The Hall–Kier alpha value is -2.62. The van der Waals surface area contributed by atoms with Crippen LogP contribution in [0, 0.1) is 5.82 Å². The number of hydrogen-bond acceptors (Lipinski definition) is 2. The monoisotopic (exact) mass is 313 g/mol. The first-order valence-corrected chi connectivity index (χ1v) is 7.50. The highest BCUT2D eigenvalue weighted by atomic mass is 19.1. The molecule has 23 heavy (non-hydrogen) atoms. The van der Waals surface area contributed by atoms with Crippen LogP contribution in [0.15, 0.2) is 67.3 Å². The first-order chi connectivity index (χ1) is 11.2. The minimum absolute atomic E-state index is 0.0508. The SMILES string of the molecule is C=CCN(Cc1ccccc1)C(=O)CCOc1ccccc1F. The summed E-state index contributed by atoms with van der Waals surface area (Å²) in [6.45, 7) is 4.82. The van der Waals surface area contributed by atoms with Gasteiger partial charge in [0.2, 0.25) is 5.91 Å². The Kier molecular flexibility index (Phi) is 6.36. The van der Waals surface area contributed by atoms with Crippen LogP contribution in [0.2, 0.25) is 0 Å². The van der Waals surface area contributed by atoms with E-state index in [9.17, 15) is 9.18 Å². The molecule has 0 aliphatic heterocycles. The summed E-state index contributed by atoms with van der Waals surface area (Å²) in [5, 5.41) is 0. The van der Waals surface area contributed by atoms with E-state index in [0.29, 0.717) is 13.1 Å². The van der Waals surface area contributed by atoms with Crippen molar-refractivity contribution in [3.8, 4) is 5.75 Å². The molecule has 1 amide bonds. The van der Waals surface area contributed by atoms with E-state index in [0.717, 1.165) is 5.56 Å². The number of carbonyl (C=O) groups excluding carboxylic acids is 1. The van der Waals surface area contributed by atoms with Crippen molar-refractivity contribution in [2.24, 2.45) is 0 Å². The van der Waals surface area contributed by atoms with Crippen molar-refractivity contribution >= 4 is 5.91 Å². The molecule has 0 saturated heterocycles. The van der Waals surface area contributed by atoms with Crippen LogP contribution in [0.4, 0.5) is 4.39 Å². The largest absolute Gasteiger partial charge is 0.490 e. The maximum atomic E-state index is 13.4. The molecule has 4 heteroatoms. The van der Waals surface area contributed by atoms with E-state index in [1.807, 2.05) is 30.3 Å². The van der Waals surface area contributed by atoms with E-state index in [1.54, 1.807) is 29.2 Å². The van der Waals surface area contributed by atoms with Crippen molar-refractivity contribution in [2.75, 3.05) is 13.2 Å². The lowest BCUT2D eigenvalue weighted by atomic mass is 10.2. The number of rotatable bonds is 8. The molecule has 2 aromatic carbocycles. The molecule has 0 saturated carbocycles. The third kappa shape index (κ3) is 5.25. The van der Waals surface area contributed by atoms with Crippen LogP contribution in [0.1, 0.15) is 12.0 Å². The number of nitrogens with zero attached hydrogens (tertiary/aromatic N) is 1. The second-order valence-electron chi connectivity index (χ2n) is 5.08. The Morgan fingerprint density at radius 2 is 1.83 bits per heavy atom. The molecule has 2 aromatic rings. The van der Waals surface area contributed by atoms with Crippen LogP contribution in [0.3, 0.4) is 0 Å². The lowest BCUT2D eigenvalue weighted by Crippen LogP contribution is -2.31. The number of ether oxygens (including phenoxy) is 1. The summed E-state index contributed by atoms with van der Waals surface area (Å²) in [4.78, 5) is 14.0. The Morgan fingerprint density at radius 3 is 2.52 bits per heavy atom. The number of halogens is 1. The first kappa shape index (κ1) is 16.7. The van der Waals surface area contributed by atoms with E-state index in [-0.39, 0.29) is 24.7 Å². The molecule has 0 aromatic heterocycles. The quantitative estimate of drug-likeness (QED) is 0.694. The number of carbonyl (C=O) groups is 1. The van der Waals surface area contributed by atoms with Gasteiger partial charge in [-0.05, 0) is 17.7 Å². The van der Waals surface area contributed by atoms with Gasteiger partial charge in [0, 0.05) is 13.1 Å². The highest BCUT2D eigenvalue weighted by molar-refractivity contribution is 5.76. The minimum atomic E-state index is -0.424. The van der Waals surface area contributed by atoms with Crippen molar-refractivity contribution in [2.45, 2.75) is 13.0 Å². The van der Waals surface area contributed by atoms with Gasteiger partial charge < -0.3 is 9.64 Å². The molecule has 0 heterocycles. The van der Waals surface area contributed by atoms with Gasteiger partial charge in [-0.1, -0.05) is 48.5 Å². The van der Waals surface area contributed by atoms with Crippen LogP contribution in [-0.2, 0) is 11.3 Å². The smallest absolute Gasteiger partial charge is 0.226 e. The Labute approximate surface area is 136 Å². The molecule has 0 bridgehead atoms. The molecule has 0 aliphatic carbocycles. The van der Waals surface area contributed by atoms with Crippen LogP contribution in [-0.4, -0.2) is 24.0 Å².